The van der Waals surface area contributed by atoms with E-state index in [4.69, 9.17) is 17.8 Å². The summed E-state index contributed by atoms with van der Waals surface area (Å²) in [5, 5.41) is 8.59. The summed E-state index contributed by atoms with van der Waals surface area (Å²) in [4.78, 5) is 0. The van der Waals surface area contributed by atoms with Crippen molar-refractivity contribution in [3.8, 4) is 11.8 Å². The molecule has 0 atom stereocenters. The zero-order chi connectivity index (χ0) is 9.84. The van der Waals surface area contributed by atoms with Crippen LogP contribution in [0.2, 0.25) is 0 Å². The predicted octanol–water partition coefficient (Wildman–Crippen LogP) is 1.37. The highest BCUT2D eigenvalue weighted by Gasteiger charge is 2.09. The Morgan fingerprint density at radius 2 is 2.31 bits per heavy atom. The van der Waals surface area contributed by atoms with Crippen LogP contribution < -0.4 is 4.74 Å². The lowest BCUT2D eigenvalue weighted by molar-refractivity contribution is 0.409. The summed E-state index contributed by atoms with van der Waals surface area (Å²) in [6.45, 7) is 0. The van der Waals surface area contributed by atoms with Crippen LogP contribution in [0.1, 0.15) is 11.1 Å². The molecule has 1 aromatic rings. The summed E-state index contributed by atoms with van der Waals surface area (Å²) in [6, 6.07) is 4.52. The van der Waals surface area contributed by atoms with Crippen LogP contribution in [0.5, 0.6) is 5.75 Å². The number of rotatable bonds is 2. The maximum absolute atomic E-state index is 13.1. The summed E-state index contributed by atoms with van der Waals surface area (Å²) in [5.74, 6) is -0.370. The third-order valence-electron chi connectivity index (χ3n) is 1.68. The van der Waals surface area contributed by atoms with Crippen LogP contribution in [-0.4, -0.2) is 15.0 Å². The fourth-order valence-corrected chi connectivity index (χ4v) is 1.02. The van der Waals surface area contributed by atoms with Crippen LogP contribution in [0.4, 0.5) is 4.39 Å². The Hall–Kier alpha value is -1.50. The van der Waals surface area contributed by atoms with E-state index >= 15 is 0 Å². The monoisotopic (exact) mass is 175 g/mol. The van der Waals surface area contributed by atoms with Gasteiger partial charge in [-0.05, 0) is 17.7 Å². The molecule has 0 amide bonds. The number of methoxy groups -OCH3 is 1. The SMILES string of the molecule is [B]Cc1cc(F)c(C#N)c(OC)c1. The number of ether oxygens (including phenoxy) is 1. The van der Waals surface area contributed by atoms with Gasteiger partial charge < -0.3 is 4.74 Å². The zero-order valence-corrected chi connectivity index (χ0v) is 7.17. The molecule has 0 unspecified atom stereocenters. The summed E-state index contributed by atoms with van der Waals surface area (Å²) in [7, 11) is 6.71. The fraction of sp³-hybridized carbons (Fsp3) is 0.222. The molecular formula is C9H7BFNO. The standard InChI is InChI=1S/C9H7BFNO/c1-13-9-3-6(4-10)2-8(11)7(9)5-12/h2-3H,4H2,1H3. The topological polar surface area (TPSA) is 33.0 Å². The molecule has 0 aromatic heterocycles. The van der Waals surface area contributed by atoms with E-state index in [-0.39, 0.29) is 17.6 Å². The first kappa shape index (κ1) is 9.59. The lowest BCUT2D eigenvalue weighted by Gasteiger charge is -2.05. The second-order valence-corrected chi connectivity index (χ2v) is 2.47. The molecule has 2 nitrogen and oxygen atoms in total. The van der Waals surface area contributed by atoms with Crippen LogP contribution in [0.15, 0.2) is 12.1 Å². The van der Waals surface area contributed by atoms with Crippen LogP contribution in [0.25, 0.3) is 0 Å². The number of hydrogen-bond donors (Lipinski definition) is 0. The largest absolute Gasteiger partial charge is 0.495 e. The van der Waals surface area contributed by atoms with Gasteiger partial charge in [0.15, 0.2) is 0 Å². The van der Waals surface area contributed by atoms with Gasteiger partial charge in [0.05, 0.1) is 15.0 Å². The molecule has 1 rings (SSSR count). The molecule has 2 radical (unpaired) electrons. The fourth-order valence-electron chi connectivity index (χ4n) is 1.02. The highest BCUT2D eigenvalue weighted by molar-refractivity contribution is 6.08. The molecule has 0 spiro atoms. The zero-order valence-electron chi connectivity index (χ0n) is 7.17. The molecule has 0 aliphatic rings. The lowest BCUT2D eigenvalue weighted by atomic mass is 9.95. The van der Waals surface area contributed by atoms with Gasteiger partial charge >= 0.3 is 0 Å². The van der Waals surface area contributed by atoms with E-state index in [9.17, 15) is 4.39 Å². The number of nitriles is 1. The highest BCUT2D eigenvalue weighted by Crippen LogP contribution is 2.22. The molecule has 0 aliphatic carbocycles. The summed E-state index contributed by atoms with van der Waals surface area (Å²) >= 11 is 0. The van der Waals surface area contributed by atoms with E-state index in [0.717, 1.165) is 0 Å². The molecule has 0 heterocycles. The Kier molecular flexibility index (Phi) is 2.91. The number of hydrogen-bond acceptors (Lipinski definition) is 2. The Labute approximate surface area is 77.3 Å². The van der Waals surface area contributed by atoms with Crippen molar-refractivity contribution in [1.29, 1.82) is 5.26 Å². The van der Waals surface area contributed by atoms with E-state index in [2.05, 4.69) is 0 Å². The maximum Gasteiger partial charge on any atom is 0.144 e. The van der Waals surface area contributed by atoms with Crippen LogP contribution in [0.3, 0.4) is 0 Å². The van der Waals surface area contributed by atoms with Gasteiger partial charge in [-0.1, -0.05) is 6.32 Å². The Morgan fingerprint density at radius 3 is 2.77 bits per heavy atom. The van der Waals surface area contributed by atoms with Crippen molar-refractivity contribution < 1.29 is 9.13 Å². The average Bonchev–Trinajstić information content (AvgIpc) is 2.16. The minimum absolute atomic E-state index is 0.0836. The number of benzene rings is 1. The Balaban J connectivity index is 3.31. The predicted molar refractivity (Wildman–Crippen MR) is 47.1 cm³/mol. The summed E-state index contributed by atoms with van der Waals surface area (Å²) in [5.41, 5.74) is 0.521. The van der Waals surface area contributed by atoms with Gasteiger partial charge in [0.25, 0.3) is 0 Å². The molecule has 0 bridgehead atoms. The van der Waals surface area contributed by atoms with Crippen molar-refractivity contribution >= 4 is 7.85 Å². The van der Waals surface area contributed by atoms with Gasteiger partial charge in [-0.2, -0.15) is 5.26 Å². The first-order valence-electron chi connectivity index (χ1n) is 3.69. The molecule has 64 valence electrons. The van der Waals surface area contributed by atoms with E-state index in [1.54, 1.807) is 12.1 Å². The highest BCUT2D eigenvalue weighted by atomic mass is 19.1. The van der Waals surface area contributed by atoms with Gasteiger partial charge in [-0.15, -0.1) is 0 Å². The van der Waals surface area contributed by atoms with Crippen molar-refractivity contribution in [2.24, 2.45) is 0 Å². The lowest BCUT2D eigenvalue weighted by Crippen LogP contribution is -1.95. The maximum atomic E-state index is 13.1. The van der Waals surface area contributed by atoms with Gasteiger partial charge in [-0.3, -0.25) is 0 Å². The van der Waals surface area contributed by atoms with Crippen molar-refractivity contribution in [3.63, 3.8) is 0 Å². The second kappa shape index (κ2) is 3.95. The normalized spacial score (nSPS) is 9.31. The van der Waals surface area contributed by atoms with Crippen LogP contribution in [-0.2, 0) is 6.32 Å². The van der Waals surface area contributed by atoms with E-state index in [1.807, 2.05) is 0 Å². The number of nitrogens with zero attached hydrogens (tertiary/aromatic N) is 1. The number of halogens is 1. The quantitative estimate of drug-likeness (QED) is 0.636. The molecule has 0 saturated heterocycles. The minimum Gasteiger partial charge on any atom is -0.495 e. The minimum atomic E-state index is -0.595. The summed E-state index contributed by atoms with van der Waals surface area (Å²) in [6.07, 6.45) is 0.221. The van der Waals surface area contributed by atoms with E-state index in [0.29, 0.717) is 5.56 Å². The first-order chi connectivity index (χ1) is 6.22. The van der Waals surface area contributed by atoms with Gasteiger partial charge in [0, 0.05) is 0 Å². The Morgan fingerprint density at radius 1 is 1.62 bits per heavy atom. The Bertz CT molecular complexity index is 359. The molecule has 13 heavy (non-hydrogen) atoms. The molecular weight excluding hydrogens is 168 g/mol. The van der Waals surface area contributed by atoms with Crippen molar-refractivity contribution in [2.45, 2.75) is 6.32 Å². The van der Waals surface area contributed by atoms with Crippen LogP contribution in [0, 0.1) is 17.1 Å². The second-order valence-electron chi connectivity index (χ2n) is 2.47. The van der Waals surface area contributed by atoms with Gasteiger partial charge in [0.1, 0.15) is 23.2 Å². The van der Waals surface area contributed by atoms with Crippen LogP contribution >= 0.6 is 0 Å². The van der Waals surface area contributed by atoms with Crippen molar-refractivity contribution in [3.05, 3.63) is 29.1 Å². The molecule has 1 aromatic carbocycles. The summed E-state index contributed by atoms with van der Waals surface area (Å²) < 4.78 is 18.0. The molecule has 0 aliphatic heterocycles. The van der Waals surface area contributed by atoms with Gasteiger partial charge in [0.2, 0.25) is 0 Å². The van der Waals surface area contributed by atoms with Gasteiger partial charge in [-0.25, -0.2) is 4.39 Å². The van der Waals surface area contributed by atoms with Crippen molar-refractivity contribution in [1.82, 2.24) is 0 Å². The molecule has 0 fully saturated rings. The van der Waals surface area contributed by atoms with Crippen molar-refractivity contribution in [2.75, 3.05) is 7.11 Å². The molecule has 0 saturated carbocycles. The van der Waals surface area contributed by atoms with E-state index in [1.165, 1.54) is 13.2 Å². The first-order valence-corrected chi connectivity index (χ1v) is 3.69. The average molecular weight is 175 g/mol. The smallest absolute Gasteiger partial charge is 0.144 e. The third kappa shape index (κ3) is 1.81. The molecule has 0 N–H and O–H groups in total. The van der Waals surface area contributed by atoms with E-state index < -0.39 is 5.82 Å². The molecule has 4 heteroatoms. The third-order valence-corrected chi connectivity index (χ3v) is 1.68.